The average Bonchev–Trinajstić information content (AvgIpc) is 2.56. The number of halogens is 1. The number of carbonyl (C=O) groups excluding carboxylic acids is 1. The highest BCUT2D eigenvalue weighted by Crippen LogP contribution is 2.20. The smallest absolute Gasteiger partial charge is 0.277 e. The minimum atomic E-state index is -0.493. The molecular weight excluding hydrogens is 303 g/mol. The first-order valence-corrected chi connectivity index (χ1v) is 6.66. The van der Waals surface area contributed by atoms with E-state index in [4.69, 9.17) is 9.47 Å². The molecule has 0 aliphatic rings. The molecule has 23 heavy (non-hydrogen) atoms. The topological polar surface area (TPSA) is 80.2 Å². The molecule has 1 amide bonds. The second-order valence-corrected chi connectivity index (χ2v) is 4.46. The Kier molecular flexibility index (Phi) is 5.51. The van der Waals surface area contributed by atoms with Crippen LogP contribution in [0.2, 0.25) is 0 Å². The van der Waals surface area contributed by atoms with Gasteiger partial charge in [-0.3, -0.25) is 4.79 Å². The molecule has 0 radical (unpaired) electrons. The molecule has 0 saturated carbocycles. The third-order valence-electron chi connectivity index (χ3n) is 2.81. The van der Waals surface area contributed by atoms with Crippen LogP contribution in [0.25, 0.3) is 0 Å². The fourth-order valence-corrected chi connectivity index (χ4v) is 1.65. The molecule has 0 aliphatic carbocycles. The molecule has 0 unspecified atom stereocenters. The number of phenolic OH excluding ortho intramolecular Hbond substituents is 1. The van der Waals surface area contributed by atoms with E-state index in [0.717, 1.165) is 0 Å². The van der Waals surface area contributed by atoms with Gasteiger partial charge in [-0.15, -0.1) is 0 Å². The molecule has 0 atom stereocenters. The molecule has 7 heteroatoms. The summed E-state index contributed by atoms with van der Waals surface area (Å²) in [7, 11) is 1.50. The van der Waals surface area contributed by atoms with Gasteiger partial charge in [0.1, 0.15) is 23.1 Å². The van der Waals surface area contributed by atoms with Crippen LogP contribution in [0.15, 0.2) is 47.6 Å². The maximum absolute atomic E-state index is 12.7. The lowest BCUT2D eigenvalue weighted by molar-refractivity contribution is -0.123. The Morgan fingerprint density at radius 2 is 1.96 bits per heavy atom. The number of benzene rings is 2. The largest absolute Gasteiger partial charge is 0.507 e. The first-order chi connectivity index (χ1) is 11.1. The van der Waals surface area contributed by atoms with Crippen LogP contribution in [0.3, 0.4) is 0 Å². The van der Waals surface area contributed by atoms with Gasteiger partial charge in [0.15, 0.2) is 6.61 Å². The van der Waals surface area contributed by atoms with Crippen molar-refractivity contribution in [1.29, 1.82) is 0 Å². The van der Waals surface area contributed by atoms with Gasteiger partial charge in [0.25, 0.3) is 5.91 Å². The second-order valence-electron chi connectivity index (χ2n) is 4.46. The lowest BCUT2D eigenvalue weighted by atomic mass is 10.2. The van der Waals surface area contributed by atoms with E-state index in [2.05, 4.69) is 10.5 Å². The Balaban J connectivity index is 1.85. The monoisotopic (exact) mass is 318 g/mol. The van der Waals surface area contributed by atoms with E-state index in [1.54, 1.807) is 12.1 Å². The van der Waals surface area contributed by atoms with E-state index < -0.39 is 5.91 Å². The Morgan fingerprint density at radius 3 is 2.65 bits per heavy atom. The molecule has 0 aromatic heterocycles. The number of amides is 1. The SMILES string of the molecule is COc1ccc(O)c(/C=N\NC(=O)COc2ccc(F)cc2)c1. The quantitative estimate of drug-likeness (QED) is 0.631. The fourth-order valence-electron chi connectivity index (χ4n) is 1.65. The Morgan fingerprint density at radius 1 is 1.26 bits per heavy atom. The van der Waals surface area contributed by atoms with E-state index in [0.29, 0.717) is 17.1 Å². The summed E-state index contributed by atoms with van der Waals surface area (Å²) in [6.45, 7) is -0.271. The molecular formula is C16H15FN2O4. The molecule has 0 fully saturated rings. The van der Waals surface area contributed by atoms with Gasteiger partial charge in [0.2, 0.25) is 0 Å². The lowest BCUT2D eigenvalue weighted by Crippen LogP contribution is -2.24. The second kappa shape index (κ2) is 7.79. The normalized spacial score (nSPS) is 10.5. The Labute approximate surface area is 132 Å². The van der Waals surface area contributed by atoms with Crippen molar-refractivity contribution >= 4 is 12.1 Å². The molecule has 120 valence electrons. The number of methoxy groups -OCH3 is 1. The van der Waals surface area contributed by atoms with Crippen molar-refractivity contribution in [3.05, 3.63) is 53.8 Å². The molecule has 0 saturated heterocycles. The molecule has 0 aliphatic heterocycles. The molecule has 0 spiro atoms. The van der Waals surface area contributed by atoms with E-state index in [-0.39, 0.29) is 18.2 Å². The van der Waals surface area contributed by atoms with Crippen LogP contribution in [0.5, 0.6) is 17.2 Å². The third kappa shape index (κ3) is 4.99. The maximum atomic E-state index is 12.7. The molecule has 2 N–H and O–H groups in total. The van der Waals surface area contributed by atoms with Crippen LogP contribution in [-0.4, -0.2) is 30.9 Å². The molecule has 0 bridgehead atoms. The average molecular weight is 318 g/mol. The van der Waals surface area contributed by atoms with Gasteiger partial charge < -0.3 is 14.6 Å². The van der Waals surface area contributed by atoms with Gasteiger partial charge in [-0.2, -0.15) is 5.10 Å². The number of nitrogens with zero attached hydrogens (tertiary/aromatic N) is 1. The van der Waals surface area contributed by atoms with Gasteiger partial charge in [-0.1, -0.05) is 0 Å². The number of phenols is 1. The van der Waals surface area contributed by atoms with Gasteiger partial charge >= 0.3 is 0 Å². The van der Waals surface area contributed by atoms with Gasteiger partial charge in [-0.05, 0) is 42.5 Å². The number of hydrazone groups is 1. The fraction of sp³-hybridized carbons (Fsp3) is 0.125. The first kappa shape index (κ1) is 16.3. The third-order valence-corrected chi connectivity index (χ3v) is 2.81. The zero-order valence-electron chi connectivity index (χ0n) is 12.3. The van der Waals surface area contributed by atoms with Gasteiger partial charge in [0.05, 0.1) is 13.3 Å². The summed E-state index contributed by atoms with van der Waals surface area (Å²) in [5.74, 6) is 0.0509. The van der Waals surface area contributed by atoms with Crippen molar-refractivity contribution in [3.63, 3.8) is 0 Å². The van der Waals surface area contributed by atoms with Gasteiger partial charge in [0, 0.05) is 5.56 Å². The number of aromatic hydroxyl groups is 1. The number of ether oxygens (including phenoxy) is 2. The minimum Gasteiger partial charge on any atom is -0.507 e. The predicted molar refractivity (Wildman–Crippen MR) is 82.3 cm³/mol. The highest BCUT2D eigenvalue weighted by molar-refractivity contribution is 5.85. The Bertz CT molecular complexity index is 702. The standard InChI is InChI=1S/C16H15FN2O4/c1-22-14-6-7-15(20)11(8-14)9-18-19-16(21)10-23-13-4-2-12(17)3-5-13/h2-9,20H,10H2,1H3,(H,19,21)/b18-9-. The number of hydrogen-bond donors (Lipinski definition) is 2. The lowest BCUT2D eigenvalue weighted by Gasteiger charge is -2.05. The van der Waals surface area contributed by atoms with E-state index in [1.807, 2.05) is 0 Å². The summed E-state index contributed by atoms with van der Waals surface area (Å²) < 4.78 is 22.9. The zero-order valence-corrected chi connectivity index (χ0v) is 12.3. The maximum Gasteiger partial charge on any atom is 0.277 e. The zero-order chi connectivity index (χ0) is 16.7. The predicted octanol–water partition coefficient (Wildman–Crippen LogP) is 2.07. The Hall–Kier alpha value is -3.09. The van der Waals surface area contributed by atoms with Crippen molar-refractivity contribution in [2.45, 2.75) is 0 Å². The first-order valence-electron chi connectivity index (χ1n) is 6.66. The van der Waals surface area contributed by atoms with E-state index in [1.165, 1.54) is 43.7 Å². The van der Waals surface area contributed by atoms with Crippen molar-refractivity contribution in [2.24, 2.45) is 5.10 Å². The van der Waals surface area contributed by atoms with Crippen molar-refractivity contribution < 1.29 is 23.8 Å². The summed E-state index contributed by atoms with van der Waals surface area (Å²) in [4.78, 5) is 11.6. The molecule has 6 nitrogen and oxygen atoms in total. The summed E-state index contributed by atoms with van der Waals surface area (Å²) >= 11 is 0. The molecule has 2 aromatic carbocycles. The van der Waals surface area contributed by atoms with E-state index >= 15 is 0 Å². The molecule has 0 heterocycles. The van der Waals surface area contributed by atoms with Gasteiger partial charge in [-0.25, -0.2) is 9.82 Å². The van der Waals surface area contributed by atoms with Crippen molar-refractivity contribution in [1.82, 2.24) is 5.43 Å². The number of hydrogen-bond acceptors (Lipinski definition) is 5. The number of carbonyl (C=O) groups is 1. The summed E-state index contributed by atoms with van der Waals surface area (Å²) in [5.41, 5.74) is 2.65. The highest BCUT2D eigenvalue weighted by atomic mass is 19.1. The van der Waals surface area contributed by atoms with E-state index in [9.17, 15) is 14.3 Å². The summed E-state index contributed by atoms with van der Waals surface area (Å²) in [5, 5.41) is 13.4. The van der Waals surface area contributed by atoms with Crippen LogP contribution in [-0.2, 0) is 4.79 Å². The summed E-state index contributed by atoms with van der Waals surface area (Å²) in [6, 6.07) is 9.93. The number of nitrogens with one attached hydrogen (secondary N) is 1. The van der Waals surface area contributed by atoms with Crippen LogP contribution in [0, 0.1) is 5.82 Å². The summed E-state index contributed by atoms with van der Waals surface area (Å²) in [6.07, 6.45) is 1.29. The van der Waals surface area contributed by atoms with Crippen molar-refractivity contribution in [3.8, 4) is 17.2 Å². The van der Waals surface area contributed by atoms with Crippen LogP contribution in [0.1, 0.15) is 5.56 Å². The molecule has 2 rings (SSSR count). The molecule has 2 aromatic rings. The van der Waals surface area contributed by atoms with Crippen LogP contribution >= 0.6 is 0 Å². The number of rotatable bonds is 6. The highest BCUT2D eigenvalue weighted by Gasteiger charge is 2.03. The van der Waals surface area contributed by atoms with Crippen LogP contribution < -0.4 is 14.9 Å². The van der Waals surface area contributed by atoms with Crippen LogP contribution in [0.4, 0.5) is 4.39 Å². The minimum absolute atomic E-state index is 0.00589. The van der Waals surface area contributed by atoms with Crippen molar-refractivity contribution in [2.75, 3.05) is 13.7 Å².